The van der Waals surface area contributed by atoms with Crippen molar-refractivity contribution in [3.8, 4) is 5.75 Å². The maximum atomic E-state index is 9.16. The number of hydrogen-bond acceptors (Lipinski definition) is 3. The van der Waals surface area contributed by atoms with Gasteiger partial charge in [0.2, 0.25) is 0 Å². The highest BCUT2D eigenvalue weighted by Crippen LogP contribution is 2.23. The number of ether oxygens (including phenoxy) is 1. The molecule has 2 N–H and O–H groups in total. The lowest BCUT2D eigenvalue weighted by Gasteiger charge is -2.13. The third-order valence-corrected chi connectivity index (χ3v) is 2.52. The maximum Gasteiger partial charge on any atom is 0.119 e. The zero-order valence-electron chi connectivity index (χ0n) is 10.1. The van der Waals surface area contributed by atoms with Gasteiger partial charge in [-0.2, -0.15) is 0 Å². The van der Waals surface area contributed by atoms with E-state index in [-0.39, 0.29) is 13.2 Å². The largest absolute Gasteiger partial charge is 0.491 e. The fourth-order valence-corrected chi connectivity index (χ4v) is 1.63. The minimum atomic E-state index is -0.815. The molecule has 1 atom stereocenters. The van der Waals surface area contributed by atoms with Gasteiger partial charge in [-0.25, -0.2) is 0 Å². The van der Waals surface area contributed by atoms with Gasteiger partial charge in [-0.1, -0.05) is 19.9 Å². The van der Waals surface area contributed by atoms with Crippen molar-refractivity contribution in [2.24, 2.45) is 0 Å². The Bertz CT molecular complexity index is 334. The van der Waals surface area contributed by atoms with Crippen LogP contribution in [0.2, 0.25) is 0 Å². The third-order valence-electron chi connectivity index (χ3n) is 2.52. The number of rotatable bonds is 5. The quantitative estimate of drug-likeness (QED) is 0.802. The smallest absolute Gasteiger partial charge is 0.119 e. The molecule has 0 aromatic heterocycles. The van der Waals surface area contributed by atoms with E-state index in [1.54, 1.807) is 0 Å². The van der Waals surface area contributed by atoms with Crippen molar-refractivity contribution >= 4 is 0 Å². The van der Waals surface area contributed by atoms with Crippen molar-refractivity contribution in [3.05, 3.63) is 29.3 Å². The molecule has 0 heterocycles. The lowest BCUT2D eigenvalue weighted by molar-refractivity contribution is 0.0536. The molecule has 1 rings (SSSR count). The molecule has 16 heavy (non-hydrogen) atoms. The number of hydrogen-bond donors (Lipinski definition) is 2. The van der Waals surface area contributed by atoms with Crippen LogP contribution in [-0.4, -0.2) is 29.5 Å². The van der Waals surface area contributed by atoms with Crippen molar-refractivity contribution in [2.75, 3.05) is 13.2 Å². The topological polar surface area (TPSA) is 49.7 Å². The second-order valence-electron chi connectivity index (χ2n) is 4.32. The Kier molecular flexibility index (Phi) is 4.77. The number of aliphatic hydroxyl groups is 2. The van der Waals surface area contributed by atoms with Crippen LogP contribution in [0.1, 0.15) is 30.9 Å². The number of aryl methyl sites for hydroxylation is 1. The molecular formula is C13H20O3. The van der Waals surface area contributed by atoms with Gasteiger partial charge < -0.3 is 14.9 Å². The van der Waals surface area contributed by atoms with E-state index < -0.39 is 6.10 Å². The summed E-state index contributed by atoms with van der Waals surface area (Å²) >= 11 is 0. The van der Waals surface area contributed by atoms with Crippen LogP contribution in [0.3, 0.4) is 0 Å². The molecule has 0 aliphatic heterocycles. The normalized spacial score (nSPS) is 12.9. The summed E-state index contributed by atoms with van der Waals surface area (Å²) in [6.45, 7) is 6.20. The van der Waals surface area contributed by atoms with Crippen LogP contribution in [0.25, 0.3) is 0 Å². The summed E-state index contributed by atoms with van der Waals surface area (Å²) in [7, 11) is 0. The van der Waals surface area contributed by atoms with Crippen molar-refractivity contribution < 1.29 is 14.9 Å². The standard InChI is InChI=1S/C13H20O3/c1-9(2)13-5-4-12(6-10(13)3)16-8-11(15)7-14/h4-6,9,11,14-15H,7-8H2,1-3H3. The van der Waals surface area contributed by atoms with E-state index in [1.165, 1.54) is 11.1 Å². The van der Waals surface area contributed by atoms with E-state index in [1.807, 2.05) is 25.1 Å². The van der Waals surface area contributed by atoms with Crippen LogP contribution < -0.4 is 4.74 Å². The highest BCUT2D eigenvalue weighted by molar-refractivity contribution is 5.36. The lowest BCUT2D eigenvalue weighted by Crippen LogP contribution is -2.21. The summed E-state index contributed by atoms with van der Waals surface area (Å²) in [4.78, 5) is 0. The van der Waals surface area contributed by atoms with Gasteiger partial charge in [-0.15, -0.1) is 0 Å². The van der Waals surface area contributed by atoms with E-state index >= 15 is 0 Å². The summed E-state index contributed by atoms with van der Waals surface area (Å²) in [6.07, 6.45) is -0.815. The highest BCUT2D eigenvalue weighted by Gasteiger charge is 2.06. The first kappa shape index (κ1) is 13.0. The Hall–Kier alpha value is -1.06. The van der Waals surface area contributed by atoms with Crippen molar-refractivity contribution in [3.63, 3.8) is 0 Å². The zero-order chi connectivity index (χ0) is 12.1. The van der Waals surface area contributed by atoms with E-state index in [4.69, 9.17) is 14.9 Å². The number of benzene rings is 1. The molecule has 0 spiro atoms. The zero-order valence-corrected chi connectivity index (χ0v) is 10.1. The monoisotopic (exact) mass is 224 g/mol. The first-order valence-corrected chi connectivity index (χ1v) is 5.57. The Morgan fingerprint density at radius 1 is 1.31 bits per heavy atom. The van der Waals surface area contributed by atoms with Crippen LogP contribution in [-0.2, 0) is 0 Å². The second kappa shape index (κ2) is 5.87. The average Bonchev–Trinajstić information content (AvgIpc) is 2.25. The first-order chi connectivity index (χ1) is 7.54. The van der Waals surface area contributed by atoms with Crippen molar-refractivity contribution in [1.29, 1.82) is 0 Å². The van der Waals surface area contributed by atoms with Crippen molar-refractivity contribution in [2.45, 2.75) is 32.8 Å². The molecule has 0 aliphatic carbocycles. The minimum Gasteiger partial charge on any atom is -0.491 e. The molecule has 90 valence electrons. The molecule has 0 radical (unpaired) electrons. The molecule has 0 fully saturated rings. The van der Waals surface area contributed by atoms with Gasteiger partial charge in [0.25, 0.3) is 0 Å². The second-order valence-corrected chi connectivity index (χ2v) is 4.32. The molecular weight excluding hydrogens is 204 g/mol. The Balaban J connectivity index is 2.66. The fourth-order valence-electron chi connectivity index (χ4n) is 1.63. The summed E-state index contributed by atoms with van der Waals surface area (Å²) in [5.41, 5.74) is 2.49. The molecule has 0 amide bonds. The Morgan fingerprint density at radius 3 is 2.50 bits per heavy atom. The first-order valence-electron chi connectivity index (χ1n) is 5.57. The van der Waals surface area contributed by atoms with E-state index in [2.05, 4.69) is 13.8 Å². The van der Waals surface area contributed by atoms with Crippen molar-refractivity contribution in [1.82, 2.24) is 0 Å². The van der Waals surface area contributed by atoms with Gasteiger partial charge in [0.05, 0.1) is 6.61 Å². The molecule has 0 bridgehead atoms. The van der Waals surface area contributed by atoms with Crippen LogP contribution >= 0.6 is 0 Å². The van der Waals surface area contributed by atoms with Crippen LogP contribution in [0, 0.1) is 6.92 Å². The summed E-state index contributed by atoms with van der Waals surface area (Å²) < 4.78 is 5.36. The van der Waals surface area contributed by atoms with Gasteiger partial charge in [0.1, 0.15) is 18.5 Å². The summed E-state index contributed by atoms with van der Waals surface area (Å²) in [5, 5.41) is 17.8. The SMILES string of the molecule is Cc1cc(OCC(O)CO)ccc1C(C)C. The molecule has 1 aromatic rings. The van der Waals surface area contributed by atoms with Crippen LogP contribution in [0.4, 0.5) is 0 Å². The molecule has 0 saturated heterocycles. The molecule has 0 aliphatic rings. The Labute approximate surface area is 96.7 Å². The Morgan fingerprint density at radius 2 is 2.00 bits per heavy atom. The van der Waals surface area contributed by atoms with Crippen LogP contribution in [0.15, 0.2) is 18.2 Å². The van der Waals surface area contributed by atoms with Gasteiger partial charge >= 0.3 is 0 Å². The van der Waals surface area contributed by atoms with Crippen LogP contribution in [0.5, 0.6) is 5.75 Å². The summed E-state index contributed by atoms with van der Waals surface area (Å²) in [6, 6.07) is 5.90. The van der Waals surface area contributed by atoms with Gasteiger partial charge in [0.15, 0.2) is 0 Å². The highest BCUT2D eigenvalue weighted by atomic mass is 16.5. The molecule has 3 nitrogen and oxygen atoms in total. The molecule has 1 unspecified atom stereocenters. The fraction of sp³-hybridized carbons (Fsp3) is 0.538. The van der Waals surface area contributed by atoms with E-state index in [0.717, 1.165) is 5.75 Å². The third kappa shape index (κ3) is 3.51. The van der Waals surface area contributed by atoms with Gasteiger partial charge in [0, 0.05) is 0 Å². The maximum absolute atomic E-state index is 9.16. The van der Waals surface area contributed by atoms with Gasteiger partial charge in [-0.05, 0) is 36.1 Å². The molecule has 0 saturated carbocycles. The van der Waals surface area contributed by atoms with E-state index in [9.17, 15) is 0 Å². The molecule has 1 aromatic carbocycles. The minimum absolute atomic E-state index is 0.122. The average molecular weight is 224 g/mol. The predicted octanol–water partition coefficient (Wildman–Crippen LogP) is 1.85. The summed E-state index contributed by atoms with van der Waals surface area (Å²) in [5.74, 6) is 1.23. The molecule has 3 heteroatoms. The lowest BCUT2D eigenvalue weighted by atomic mass is 9.98. The van der Waals surface area contributed by atoms with Gasteiger partial charge in [-0.3, -0.25) is 0 Å². The van der Waals surface area contributed by atoms with E-state index in [0.29, 0.717) is 5.92 Å². The number of aliphatic hydroxyl groups excluding tert-OH is 2. The predicted molar refractivity (Wildman–Crippen MR) is 63.9 cm³/mol.